The number of carbonyl (C=O) groups excluding carboxylic acids is 5. The molecule has 2 aromatic carbocycles. The molecular weight excluding hydrogens is 963 g/mol. The number of sulfone groups is 1. The maximum absolute atomic E-state index is 14.1. The number of fused-ring (bicyclic) bond motifs is 6. The molecule has 0 spiro atoms. The van der Waals surface area contributed by atoms with Gasteiger partial charge in [-0.3, -0.25) is 24.0 Å². The van der Waals surface area contributed by atoms with Gasteiger partial charge in [0.05, 0.1) is 41.1 Å². The van der Waals surface area contributed by atoms with E-state index in [1.165, 1.54) is 12.4 Å². The van der Waals surface area contributed by atoms with Crippen molar-refractivity contribution in [3.63, 3.8) is 0 Å². The lowest BCUT2D eigenvalue weighted by atomic mass is 9.86. The fraction of sp³-hybridized carbons (Fsp3) is 0.392. The van der Waals surface area contributed by atoms with Crippen molar-refractivity contribution in [3.8, 4) is 45.9 Å². The molecule has 382 valence electrons. The summed E-state index contributed by atoms with van der Waals surface area (Å²) in [6, 6.07) is 10.2. The molecule has 7 N–H and O–H groups in total. The van der Waals surface area contributed by atoms with Crippen molar-refractivity contribution in [2.75, 3.05) is 31.5 Å². The van der Waals surface area contributed by atoms with E-state index in [9.17, 15) is 42.3 Å². The number of esters is 1. The van der Waals surface area contributed by atoms with Crippen molar-refractivity contribution in [3.05, 3.63) is 87.5 Å². The molecule has 3 aromatic heterocycles. The first-order valence-corrected chi connectivity index (χ1v) is 25.7. The highest BCUT2D eigenvalue weighted by Gasteiger charge is 2.45. The molecule has 0 aliphatic carbocycles. The number of nitrogens with one attached hydrogen (secondary N) is 4. The van der Waals surface area contributed by atoms with Crippen molar-refractivity contribution in [2.24, 2.45) is 11.7 Å². The standard InChI is InChI=1S/C51H55N9O12S/c1-5-51(67)35-20-38-45-33(25-60(38)48(65)34(35)26-70-49(51)66)43(32-19-39-40(72-27-71-39)21-37(32)57-45)30-13-11-14-31(18-30)56-42(62)24-53-46(63)36(15-9-10-17-52)58-47(64)44(28(2)3)59-41(61)16-8-6-7-12-29-22-54-50(55-23-29)73(4,68)69/h11,13-14,18-23,28,36,44,67H,5-6,8-10,15-17,24-27,52H2,1-4H3,(H,53,63)(H,56,62)(H,58,64)(H,59,61)/t36?,44?,51-/m0/s1. The first kappa shape index (κ1) is 51.6. The van der Waals surface area contributed by atoms with Gasteiger partial charge in [0, 0.05) is 59.8 Å². The molecule has 3 aliphatic heterocycles. The highest BCUT2D eigenvalue weighted by molar-refractivity contribution is 7.90. The Balaban J connectivity index is 0.941. The molecule has 6 heterocycles. The first-order chi connectivity index (χ1) is 34.9. The number of aromatic nitrogens is 4. The maximum Gasteiger partial charge on any atom is 0.343 e. The lowest BCUT2D eigenvalue weighted by molar-refractivity contribution is -0.172. The predicted molar refractivity (Wildman–Crippen MR) is 265 cm³/mol. The smallest absolute Gasteiger partial charge is 0.343 e. The third-order valence-electron chi connectivity index (χ3n) is 12.8. The van der Waals surface area contributed by atoms with Crippen LogP contribution < -0.4 is 42.0 Å². The number of hydrogen-bond acceptors (Lipinski definition) is 16. The third-order valence-corrected chi connectivity index (χ3v) is 13.7. The number of unbranched alkanes of at least 4 members (excludes halogenated alkanes) is 2. The van der Waals surface area contributed by atoms with E-state index in [0.717, 1.165) is 6.26 Å². The monoisotopic (exact) mass is 1020 g/mol. The molecule has 3 atom stereocenters. The molecule has 8 rings (SSSR count). The van der Waals surface area contributed by atoms with Crippen LogP contribution in [0.1, 0.15) is 88.0 Å². The van der Waals surface area contributed by atoms with Crippen LogP contribution in [0.3, 0.4) is 0 Å². The number of pyridine rings is 2. The number of cyclic esters (lactones) is 1. The molecule has 0 radical (unpaired) electrons. The van der Waals surface area contributed by atoms with E-state index < -0.39 is 69.2 Å². The number of nitrogens with two attached hydrogens (primary N) is 1. The lowest BCUT2D eigenvalue weighted by Gasteiger charge is -2.31. The molecule has 73 heavy (non-hydrogen) atoms. The Labute approximate surface area is 419 Å². The summed E-state index contributed by atoms with van der Waals surface area (Å²) >= 11 is 0. The largest absolute Gasteiger partial charge is 0.458 e. The van der Waals surface area contributed by atoms with Crippen molar-refractivity contribution >= 4 is 56.0 Å². The van der Waals surface area contributed by atoms with E-state index in [2.05, 4.69) is 43.1 Å². The van der Waals surface area contributed by atoms with E-state index in [-0.39, 0.29) is 61.4 Å². The van der Waals surface area contributed by atoms with Crippen LogP contribution in [0.15, 0.2) is 64.8 Å². The average molecular weight is 1020 g/mol. The van der Waals surface area contributed by atoms with Gasteiger partial charge in [0.2, 0.25) is 45.4 Å². The number of nitrogens with zero attached hydrogens (tertiary/aromatic N) is 4. The Morgan fingerprint density at radius 2 is 1.70 bits per heavy atom. The number of benzene rings is 2. The van der Waals surface area contributed by atoms with Crippen LogP contribution in [0, 0.1) is 17.8 Å². The van der Waals surface area contributed by atoms with Gasteiger partial charge >= 0.3 is 5.97 Å². The van der Waals surface area contributed by atoms with Crippen molar-refractivity contribution < 1.29 is 51.7 Å². The molecule has 2 unspecified atom stereocenters. The summed E-state index contributed by atoms with van der Waals surface area (Å²) in [6.07, 6.45) is 5.63. The summed E-state index contributed by atoms with van der Waals surface area (Å²) in [5.74, 6) is 3.38. The lowest BCUT2D eigenvalue weighted by Crippen LogP contribution is -2.55. The van der Waals surface area contributed by atoms with Crippen LogP contribution in [0.25, 0.3) is 33.4 Å². The molecule has 5 aromatic rings. The van der Waals surface area contributed by atoms with Gasteiger partial charge in [0.1, 0.15) is 18.7 Å². The Bertz CT molecular complexity index is 3280. The number of aliphatic hydroxyl groups is 1. The van der Waals surface area contributed by atoms with Crippen LogP contribution in [0.4, 0.5) is 5.69 Å². The van der Waals surface area contributed by atoms with E-state index in [0.29, 0.717) is 94.0 Å². The minimum Gasteiger partial charge on any atom is -0.458 e. The van der Waals surface area contributed by atoms with Crippen molar-refractivity contribution in [1.82, 2.24) is 35.5 Å². The molecule has 0 saturated carbocycles. The molecular formula is C51H55N9O12S. The van der Waals surface area contributed by atoms with Crippen LogP contribution >= 0.6 is 0 Å². The molecule has 0 saturated heterocycles. The second kappa shape index (κ2) is 21.5. The highest BCUT2D eigenvalue weighted by Crippen LogP contribution is 2.46. The summed E-state index contributed by atoms with van der Waals surface area (Å²) in [4.78, 5) is 93.4. The number of amides is 4. The summed E-state index contributed by atoms with van der Waals surface area (Å²) in [6.45, 7) is 4.89. The summed E-state index contributed by atoms with van der Waals surface area (Å²) < 4.78 is 41.4. The number of anilines is 1. The fourth-order valence-corrected chi connectivity index (χ4v) is 9.41. The minimum absolute atomic E-state index is 0.0137. The predicted octanol–water partition coefficient (Wildman–Crippen LogP) is 2.70. The van der Waals surface area contributed by atoms with E-state index in [1.54, 1.807) is 55.7 Å². The molecule has 0 fully saturated rings. The molecule has 4 amide bonds. The molecule has 21 nitrogen and oxygen atoms in total. The number of hydrogen-bond donors (Lipinski definition) is 6. The SMILES string of the molecule is CC[C@@]1(O)C(=O)OCc2c1cc1n(c2=O)Cc2c-1nc1cc3c(cc1c2-c1cccc(NC(=O)CNC(=O)C(CCCCN)NC(=O)C(NC(=O)CCCC#Cc2cnc(S(C)(=O)=O)nc2)C(C)C)c1)OCO3. The van der Waals surface area contributed by atoms with Gasteiger partial charge in [-0.25, -0.2) is 28.2 Å². The average Bonchev–Trinajstić information content (AvgIpc) is 3.98. The number of carbonyl (C=O) groups is 5. The zero-order chi connectivity index (χ0) is 52.2. The Morgan fingerprint density at radius 3 is 2.41 bits per heavy atom. The zero-order valence-corrected chi connectivity index (χ0v) is 41.4. The Kier molecular flexibility index (Phi) is 15.2. The second-order valence-electron chi connectivity index (χ2n) is 18.3. The molecule has 3 aliphatic rings. The van der Waals surface area contributed by atoms with Gasteiger partial charge in [-0.2, -0.15) is 0 Å². The fourth-order valence-electron chi connectivity index (χ4n) is 8.93. The number of ether oxygens (including phenoxy) is 3. The highest BCUT2D eigenvalue weighted by atomic mass is 32.2. The summed E-state index contributed by atoms with van der Waals surface area (Å²) in [5, 5.41) is 22.8. The van der Waals surface area contributed by atoms with Crippen molar-refractivity contribution in [2.45, 2.75) is 102 Å². The molecule has 0 bridgehead atoms. The maximum atomic E-state index is 14.1. The van der Waals surface area contributed by atoms with Crippen LogP contribution in [-0.4, -0.2) is 101 Å². The number of rotatable bonds is 18. The quantitative estimate of drug-likeness (QED) is 0.0312. The van der Waals surface area contributed by atoms with E-state index in [1.807, 2.05) is 12.1 Å². The van der Waals surface area contributed by atoms with Crippen LogP contribution in [0.5, 0.6) is 11.5 Å². The van der Waals surface area contributed by atoms with Crippen LogP contribution in [-0.2, 0) is 57.3 Å². The van der Waals surface area contributed by atoms with Gasteiger partial charge < -0.3 is 50.9 Å². The Morgan fingerprint density at radius 1 is 0.945 bits per heavy atom. The normalized spacial score (nSPS) is 16.0. The van der Waals surface area contributed by atoms with E-state index >= 15 is 0 Å². The van der Waals surface area contributed by atoms with Gasteiger partial charge in [-0.05, 0) is 80.0 Å². The van der Waals surface area contributed by atoms with Crippen molar-refractivity contribution in [1.29, 1.82) is 0 Å². The second-order valence-corrected chi connectivity index (χ2v) is 20.2. The van der Waals surface area contributed by atoms with Gasteiger partial charge in [-0.15, -0.1) is 0 Å². The zero-order valence-electron chi connectivity index (χ0n) is 40.6. The third kappa shape index (κ3) is 11.0. The minimum atomic E-state index is -3.54. The van der Waals surface area contributed by atoms with Gasteiger partial charge in [0.15, 0.2) is 17.1 Å². The first-order valence-electron chi connectivity index (χ1n) is 23.8. The summed E-state index contributed by atoms with van der Waals surface area (Å²) in [5.41, 5.74) is 7.84. The Hall–Kier alpha value is -7.74. The summed E-state index contributed by atoms with van der Waals surface area (Å²) in [7, 11) is -3.54. The van der Waals surface area contributed by atoms with E-state index in [4.69, 9.17) is 24.9 Å². The van der Waals surface area contributed by atoms with Gasteiger partial charge in [-0.1, -0.05) is 44.7 Å². The van der Waals surface area contributed by atoms with Gasteiger partial charge in [0.25, 0.3) is 5.56 Å². The topological polar surface area (TPSA) is 302 Å². The molecule has 22 heteroatoms. The van der Waals surface area contributed by atoms with Crippen LogP contribution in [0.2, 0.25) is 0 Å².